The molecular weight excluding hydrogens is 375 g/mol. The second-order valence-electron chi connectivity index (χ2n) is 7.53. The van der Waals surface area contributed by atoms with Crippen molar-refractivity contribution in [2.45, 2.75) is 39.3 Å². The van der Waals surface area contributed by atoms with Crippen molar-refractivity contribution < 1.29 is 22.7 Å². The summed E-state index contributed by atoms with van der Waals surface area (Å²) in [5.41, 5.74) is 1.34. The Morgan fingerprint density at radius 1 is 1.26 bits per heavy atom. The van der Waals surface area contributed by atoms with Gasteiger partial charge in [0.1, 0.15) is 10.6 Å². The van der Waals surface area contributed by atoms with Crippen LogP contribution < -0.4 is 10.1 Å². The van der Waals surface area contributed by atoms with Crippen LogP contribution in [0.15, 0.2) is 24.3 Å². The Morgan fingerprint density at radius 3 is 2.63 bits per heavy atom. The largest absolute Gasteiger partial charge is 0.495 e. The van der Waals surface area contributed by atoms with Crippen LogP contribution in [0.3, 0.4) is 0 Å². The van der Waals surface area contributed by atoms with Crippen LogP contribution in [0.5, 0.6) is 5.75 Å². The Hall–Kier alpha value is -2.02. The van der Waals surface area contributed by atoms with E-state index in [0.717, 1.165) is 6.42 Å². The van der Waals surface area contributed by atoms with Crippen LogP contribution in [0.2, 0.25) is 0 Å². The molecule has 2 aromatic rings. The number of rotatable bonds is 5. The van der Waals surface area contributed by atoms with Crippen LogP contribution in [0.1, 0.15) is 45.9 Å². The van der Waals surface area contributed by atoms with Gasteiger partial charge in [-0.05, 0) is 47.9 Å². The van der Waals surface area contributed by atoms with E-state index in [4.69, 9.17) is 4.74 Å². The molecule has 0 aliphatic heterocycles. The Balaban J connectivity index is 1.88. The first-order valence-electron chi connectivity index (χ1n) is 8.74. The molecular formula is C20H22F3NO2S. The van der Waals surface area contributed by atoms with E-state index < -0.39 is 11.1 Å². The van der Waals surface area contributed by atoms with Crippen molar-refractivity contribution >= 4 is 22.8 Å². The lowest BCUT2D eigenvalue weighted by Gasteiger charge is -2.30. The van der Waals surface area contributed by atoms with E-state index in [2.05, 4.69) is 5.32 Å². The highest BCUT2D eigenvalue weighted by Crippen LogP contribution is 2.47. The summed E-state index contributed by atoms with van der Waals surface area (Å²) in [6, 6.07) is 7.12. The number of carbonyl (C=O) groups excluding carboxylic acids is 1. The Labute approximate surface area is 160 Å². The molecule has 1 aliphatic carbocycles. The predicted octanol–water partition coefficient (Wildman–Crippen LogP) is 5.59. The zero-order chi connectivity index (χ0) is 19.8. The highest BCUT2D eigenvalue weighted by Gasteiger charge is 2.42. The van der Waals surface area contributed by atoms with Gasteiger partial charge >= 0.3 is 6.18 Å². The molecule has 0 bridgehead atoms. The number of ether oxygens (including phenoxy) is 1. The minimum atomic E-state index is -4.43. The number of hydrogen-bond acceptors (Lipinski definition) is 4. The highest BCUT2D eigenvalue weighted by atomic mass is 32.1. The van der Waals surface area contributed by atoms with Gasteiger partial charge in [-0.3, -0.25) is 4.79 Å². The van der Waals surface area contributed by atoms with Gasteiger partial charge in [0, 0.05) is 0 Å². The quantitative estimate of drug-likeness (QED) is 0.669. The fraction of sp³-hybridized carbons (Fsp3) is 0.450. The summed E-state index contributed by atoms with van der Waals surface area (Å²) in [4.78, 5) is 12.3. The van der Waals surface area contributed by atoms with E-state index in [1.54, 1.807) is 24.3 Å². The van der Waals surface area contributed by atoms with E-state index in [0.29, 0.717) is 46.7 Å². The number of anilines is 1. The smallest absolute Gasteiger partial charge is 0.425 e. The van der Waals surface area contributed by atoms with Gasteiger partial charge in [-0.2, -0.15) is 13.2 Å². The molecule has 1 aromatic carbocycles. The van der Waals surface area contributed by atoms with Crippen molar-refractivity contribution in [3.63, 3.8) is 0 Å². The Kier molecular flexibility index (Phi) is 5.25. The fourth-order valence-electron chi connectivity index (χ4n) is 3.48. The van der Waals surface area contributed by atoms with Crippen LogP contribution in [-0.2, 0) is 19.0 Å². The molecule has 1 heterocycles. The molecule has 0 atom stereocenters. The van der Waals surface area contributed by atoms with Crippen molar-refractivity contribution in [2.24, 2.45) is 5.41 Å². The molecule has 0 spiro atoms. The van der Waals surface area contributed by atoms with Crippen LogP contribution in [0.25, 0.3) is 0 Å². The summed E-state index contributed by atoms with van der Waals surface area (Å²) in [6.45, 7) is 3.87. The van der Waals surface area contributed by atoms with Crippen LogP contribution >= 0.6 is 11.3 Å². The molecule has 0 unspecified atom stereocenters. The molecule has 7 heteroatoms. The monoisotopic (exact) mass is 397 g/mol. The third-order valence-electron chi connectivity index (χ3n) is 4.88. The van der Waals surface area contributed by atoms with Crippen LogP contribution in [0.4, 0.5) is 18.9 Å². The molecule has 3 rings (SSSR count). The molecule has 3 nitrogen and oxygen atoms in total. The normalized spacial score (nSPS) is 15.9. The van der Waals surface area contributed by atoms with E-state index in [9.17, 15) is 18.0 Å². The van der Waals surface area contributed by atoms with Crippen molar-refractivity contribution in [3.8, 4) is 5.75 Å². The maximum atomic E-state index is 13.5. The number of thiophene rings is 1. The number of Topliss-reactive ketones (excluding diaryl/α,β-unsaturated/α-hetero) is 1. The maximum Gasteiger partial charge on any atom is 0.425 e. The van der Waals surface area contributed by atoms with Crippen molar-refractivity contribution in [3.05, 3.63) is 45.1 Å². The summed E-state index contributed by atoms with van der Waals surface area (Å²) in [5.74, 6) is 0.258. The number of nitrogens with one attached hydrogen (secondary N) is 1. The molecule has 146 valence electrons. The molecule has 1 aliphatic rings. The number of para-hydroxylation sites is 2. The lowest BCUT2D eigenvalue weighted by atomic mass is 9.74. The minimum Gasteiger partial charge on any atom is -0.495 e. The minimum absolute atomic E-state index is 0.0754. The molecule has 0 saturated carbocycles. The van der Waals surface area contributed by atoms with Crippen molar-refractivity contribution in [1.29, 1.82) is 0 Å². The second kappa shape index (κ2) is 7.19. The lowest BCUT2D eigenvalue weighted by Crippen LogP contribution is -2.24. The van der Waals surface area contributed by atoms with Crippen molar-refractivity contribution in [1.82, 2.24) is 0 Å². The third-order valence-corrected chi connectivity index (χ3v) is 6.24. The summed E-state index contributed by atoms with van der Waals surface area (Å²) in [6.07, 6.45) is -2.81. The number of benzene rings is 1. The van der Waals surface area contributed by atoms with E-state index in [1.165, 1.54) is 7.11 Å². The van der Waals surface area contributed by atoms with Crippen molar-refractivity contribution in [2.75, 3.05) is 19.0 Å². The summed E-state index contributed by atoms with van der Waals surface area (Å²) >= 11 is 0.590. The number of carbonyl (C=O) groups is 1. The summed E-state index contributed by atoms with van der Waals surface area (Å²) < 4.78 is 45.8. The number of halogens is 3. The van der Waals surface area contributed by atoms with Gasteiger partial charge in [0.25, 0.3) is 0 Å². The number of hydrogen-bond donors (Lipinski definition) is 1. The molecule has 0 saturated heterocycles. The zero-order valence-electron chi connectivity index (χ0n) is 15.5. The number of methoxy groups -OCH3 is 1. The molecule has 1 N–H and O–H groups in total. The average molecular weight is 397 g/mol. The lowest BCUT2D eigenvalue weighted by molar-refractivity contribution is -0.135. The third kappa shape index (κ3) is 4.13. The standard InChI is InChI=1S/C20H22F3NO2S/c1-19(2)9-8-12-13(10-19)18(20(21,22)23)27-17(12)15(25)11-24-14-6-4-5-7-16(14)26-3/h4-7,24H,8-11H2,1-3H3. The SMILES string of the molecule is COc1ccccc1NCC(=O)c1sc(C(F)(F)F)c2c1CCC(C)(C)C2. The maximum absolute atomic E-state index is 13.5. The van der Waals surface area contributed by atoms with Gasteiger partial charge in [0.2, 0.25) is 0 Å². The molecule has 0 radical (unpaired) electrons. The number of ketones is 1. The van der Waals surface area contributed by atoms with Gasteiger partial charge in [0.05, 0.1) is 24.2 Å². The first kappa shape index (κ1) is 19.7. The number of fused-ring (bicyclic) bond motifs is 1. The first-order chi connectivity index (χ1) is 12.6. The summed E-state index contributed by atoms with van der Waals surface area (Å²) in [5, 5.41) is 2.98. The second-order valence-corrected chi connectivity index (χ2v) is 8.55. The van der Waals surface area contributed by atoms with Gasteiger partial charge in [-0.25, -0.2) is 0 Å². The topological polar surface area (TPSA) is 38.3 Å². The van der Waals surface area contributed by atoms with Crippen LogP contribution in [-0.4, -0.2) is 19.4 Å². The zero-order valence-corrected chi connectivity index (χ0v) is 16.3. The van der Waals surface area contributed by atoms with E-state index >= 15 is 0 Å². The molecule has 0 fully saturated rings. The molecule has 0 amide bonds. The Bertz CT molecular complexity index is 855. The predicted molar refractivity (Wildman–Crippen MR) is 101 cm³/mol. The molecule has 1 aromatic heterocycles. The van der Waals surface area contributed by atoms with Gasteiger partial charge in [-0.1, -0.05) is 26.0 Å². The van der Waals surface area contributed by atoms with E-state index in [-0.39, 0.29) is 22.6 Å². The first-order valence-corrected chi connectivity index (χ1v) is 9.56. The molecule has 27 heavy (non-hydrogen) atoms. The van der Waals surface area contributed by atoms with Gasteiger partial charge in [-0.15, -0.1) is 11.3 Å². The number of alkyl halides is 3. The van der Waals surface area contributed by atoms with E-state index in [1.807, 2.05) is 13.8 Å². The summed E-state index contributed by atoms with van der Waals surface area (Å²) in [7, 11) is 1.52. The Morgan fingerprint density at radius 2 is 1.96 bits per heavy atom. The fourth-order valence-corrected chi connectivity index (χ4v) is 4.65. The highest BCUT2D eigenvalue weighted by molar-refractivity contribution is 7.14. The van der Waals surface area contributed by atoms with Gasteiger partial charge in [0.15, 0.2) is 5.78 Å². The van der Waals surface area contributed by atoms with Gasteiger partial charge < -0.3 is 10.1 Å². The average Bonchev–Trinajstić information content (AvgIpc) is 2.97. The van der Waals surface area contributed by atoms with Crippen LogP contribution in [0, 0.1) is 5.41 Å².